The fourth-order valence-corrected chi connectivity index (χ4v) is 2.98. The fraction of sp³-hybridized carbons (Fsp3) is 0.143. The Morgan fingerprint density at radius 3 is 2.89 bits per heavy atom. The highest BCUT2D eigenvalue weighted by Gasteiger charge is 2.31. The number of methoxy groups -OCH3 is 1. The first kappa shape index (κ1) is 13.8. The van der Waals surface area contributed by atoms with Crippen molar-refractivity contribution in [2.24, 2.45) is 0 Å². The summed E-state index contributed by atoms with van der Waals surface area (Å²) in [7, 11) is 1.61. The first-order chi connectivity index (χ1) is 9.17. The van der Waals surface area contributed by atoms with Gasteiger partial charge in [-0.2, -0.15) is 0 Å². The van der Waals surface area contributed by atoms with E-state index in [1.807, 2.05) is 24.3 Å². The molecule has 1 heterocycles. The monoisotopic (exact) mass is 291 g/mol. The summed E-state index contributed by atoms with van der Waals surface area (Å²) in [5, 5.41) is 0. The van der Waals surface area contributed by atoms with Crippen LogP contribution in [-0.4, -0.2) is 28.8 Å². The van der Waals surface area contributed by atoms with Crippen LogP contribution < -0.4 is 4.74 Å². The molecule has 19 heavy (non-hydrogen) atoms. The van der Waals surface area contributed by atoms with E-state index in [4.69, 9.17) is 17.0 Å². The van der Waals surface area contributed by atoms with Crippen molar-refractivity contribution in [1.29, 1.82) is 0 Å². The molecule has 2 rings (SSSR count). The van der Waals surface area contributed by atoms with Gasteiger partial charge >= 0.3 is 0 Å². The minimum absolute atomic E-state index is 0.0826. The number of benzene rings is 1. The Hall–Kier alpha value is -1.59. The second kappa shape index (κ2) is 6.04. The number of carbonyl (C=O) groups is 1. The van der Waals surface area contributed by atoms with Gasteiger partial charge in [-0.15, -0.1) is 6.58 Å². The second-order valence-corrected chi connectivity index (χ2v) is 5.50. The van der Waals surface area contributed by atoms with Gasteiger partial charge in [-0.25, -0.2) is 0 Å². The summed E-state index contributed by atoms with van der Waals surface area (Å²) >= 11 is 6.49. The van der Waals surface area contributed by atoms with Crippen LogP contribution in [0.3, 0.4) is 0 Å². The number of hydrogen-bond acceptors (Lipinski definition) is 4. The molecule has 1 aromatic rings. The predicted octanol–water partition coefficient (Wildman–Crippen LogP) is 3.08. The summed E-state index contributed by atoms with van der Waals surface area (Å²) in [6, 6.07) is 7.55. The highest BCUT2D eigenvalue weighted by atomic mass is 32.2. The van der Waals surface area contributed by atoms with Gasteiger partial charge in [0.25, 0.3) is 5.91 Å². The number of thioether (sulfide) groups is 1. The number of nitrogens with zero attached hydrogens (tertiary/aromatic N) is 1. The average Bonchev–Trinajstić information content (AvgIpc) is 2.67. The van der Waals surface area contributed by atoms with Crippen molar-refractivity contribution in [2.75, 3.05) is 13.7 Å². The van der Waals surface area contributed by atoms with Crippen LogP contribution in [0.4, 0.5) is 0 Å². The number of amides is 1. The van der Waals surface area contributed by atoms with Gasteiger partial charge in [0.2, 0.25) is 0 Å². The Morgan fingerprint density at radius 1 is 1.47 bits per heavy atom. The normalized spacial score (nSPS) is 17.1. The molecular formula is C14H13NO2S2. The number of hydrogen-bond donors (Lipinski definition) is 0. The summed E-state index contributed by atoms with van der Waals surface area (Å²) < 4.78 is 5.83. The number of carbonyl (C=O) groups excluding carboxylic acids is 1. The van der Waals surface area contributed by atoms with Crippen LogP contribution in [0, 0.1) is 0 Å². The predicted molar refractivity (Wildman–Crippen MR) is 83.1 cm³/mol. The minimum Gasteiger partial charge on any atom is -0.496 e. The van der Waals surface area contributed by atoms with E-state index >= 15 is 0 Å². The van der Waals surface area contributed by atoms with Crippen molar-refractivity contribution in [1.82, 2.24) is 4.90 Å². The molecule has 1 aromatic carbocycles. The highest BCUT2D eigenvalue weighted by Crippen LogP contribution is 2.33. The van der Waals surface area contributed by atoms with E-state index in [-0.39, 0.29) is 5.91 Å². The van der Waals surface area contributed by atoms with Crippen LogP contribution in [0.25, 0.3) is 6.08 Å². The van der Waals surface area contributed by atoms with Crippen LogP contribution in [-0.2, 0) is 4.79 Å². The summed E-state index contributed by atoms with van der Waals surface area (Å²) in [6.45, 7) is 4.07. The largest absolute Gasteiger partial charge is 0.496 e. The molecule has 0 aromatic heterocycles. The van der Waals surface area contributed by atoms with Gasteiger partial charge in [0.05, 0.1) is 12.0 Å². The van der Waals surface area contributed by atoms with Crippen molar-refractivity contribution in [3.05, 3.63) is 47.4 Å². The molecule has 0 unspecified atom stereocenters. The van der Waals surface area contributed by atoms with Crippen molar-refractivity contribution in [3.63, 3.8) is 0 Å². The molecule has 1 saturated heterocycles. The molecule has 0 radical (unpaired) electrons. The number of para-hydroxylation sites is 1. The Labute approximate surface area is 121 Å². The van der Waals surface area contributed by atoms with E-state index in [1.54, 1.807) is 19.3 Å². The maximum Gasteiger partial charge on any atom is 0.266 e. The molecule has 1 amide bonds. The third-order valence-electron chi connectivity index (χ3n) is 2.61. The van der Waals surface area contributed by atoms with Crippen LogP contribution in [0.15, 0.2) is 41.8 Å². The molecule has 1 aliphatic rings. The van der Waals surface area contributed by atoms with Crippen LogP contribution in [0.1, 0.15) is 5.56 Å². The molecule has 98 valence electrons. The molecule has 0 spiro atoms. The van der Waals surface area contributed by atoms with Crippen LogP contribution in [0.2, 0.25) is 0 Å². The summed E-state index contributed by atoms with van der Waals surface area (Å²) in [5.41, 5.74) is 0.865. The van der Waals surface area contributed by atoms with Crippen molar-refractivity contribution >= 4 is 40.3 Å². The molecule has 1 aliphatic heterocycles. The molecule has 0 atom stereocenters. The van der Waals surface area contributed by atoms with Gasteiger partial charge in [0.15, 0.2) is 0 Å². The number of thiocarbonyl (C=S) groups is 1. The molecule has 1 fully saturated rings. The summed E-state index contributed by atoms with van der Waals surface area (Å²) in [4.78, 5) is 14.3. The van der Waals surface area contributed by atoms with Crippen molar-refractivity contribution < 1.29 is 9.53 Å². The zero-order chi connectivity index (χ0) is 13.8. The maximum absolute atomic E-state index is 12.2. The lowest BCUT2D eigenvalue weighted by atomic mass is 10.2. The average molecular weight is 291 g/mol. The van der Waals surface area contributed by atoms with E-state index in [9.17, 15) is 4.79 Å². The third kappa shape index (κ3) is 2.88. The maximum atomic E-state index is 12.2. The van der Waals surface area contributed by atoms with Gasteiger partial charge in [-0.1, -0.05) is 48.3 Å². The Kier molecular flexibility index (Phi) is 4.39. The highest BCUT2D eigenvalue weighted by molar-refractivity contribution is 8.26. The van der Waals surface area contributed by atoms with E-state index in [1.165, 1.54) is 16.7 Å². The Morgan fingerprint density at radius 2 is 2.21 bits per heavy atom. The van der Waals surface area contributed by atoms with Gasteiger partial charge in [-0.05, 0) is 12.1 Å². The molecular weight excluding hydrogens is 278 g/mol. The zero-order valence-corrected chi connectivity index (χ0v) is 12.1. The number of rotatable bonds is 4. The van der Waals surface area contributed by atoms with Gasteiger partial charge in [0, 0.05) is 12.1 Å². The first-order valence-electron chi connectivity index (χ1n) is 5.66. The van der Waals surface area contributed by atoms with Crippen molar-refractivity contribution in [2.45, 2.75) is 0 Å². The fourth-order valence-electron chi connectivity index (χ4n) is 1.71. The Balaban J connectivity index is 2.32. The van der Waals surface area contributed by atoms with Crippen molar-refractivity contribution in [3.8, 4) is 5.75 Å². The third-order valence-corrected chi connectivity index (χ3v) is 3.99. The van der Waals surface area contributed by atoms with Crippen LogP contribution >= 0.6 is 24.0 Å². The number of ether oxygens (including phenoxy) is 1. The van der Waals surface area contributed by atoms with E-state index < -0.39 is 0 Å². The summed E-state index contributed by atoms with van der Waals surface area (Å²) in [5.74, 6) is 0.650. The zero-order valence-electron chi connectivity index (χ0n) is 10.5. The lowest BCUT2D eigenvalue weighted by Crippen LogP contribution is -2.27. The molecule has 0 aliphatic carbocycles. The SMILES string of the molecule is C=CCN1C(=O)/C(=C\c2ccccc2OC)SC1=S. The van der Waals surface area contributed by atoms with E-state index in [2.05, 4.69) is 6.58 Å². The van der Waals surface area contributed by atoms with Gasteiger partial charge in [-0.3, -0.25) is 9.69 Å². The lowest BCUT2D eigenvalue weighted by Gasteiger charge is -2.10. The van der Waals surface area contributed by atoms with Gasteiger partial charge < -0.3 is 4.74 Å². The van der Waals surface area contributed by atoms with Gasteiger partial charge in [0.1, 0.15) is 10.1 Å². The molecule has 0 saturated carbocycles. The standard InChI is InChI=1S/C14H13NO2S2/c1-3-8-15-13(16)12(19-14(15)18)9-10-6-4-5-7-11(10)17-2/h3-7,9H,1,8H2,2H3/b12-9+. The second-order valence-electron chi connectivity index (χ2n) is 3.82. The minimum atomic E-state index is -0.0826. The van der Waals surface area contributed by atoms with Crippen LogP contribution in [0.5, 0.6) is 5.75 Å². The Bertz CT molecular complexity index is 566. The molecule has 0 bridgehead atoms. The molecule has 0 N–H and O–H groups in total. The lowest BCUT2D eigenvalue weighted by molar-refractivity contribution is -0.121. The van der Waals surface area contributed by atoms with E-state index in [0.29, 0.717) is 15.8 Å². The smallest absolute Gasteiger partial charge is 0.266 e. The quantitative estimate of drug-likeness (QED) is 0.484. The topological polar surface area (TPSA) is 29.5 Å². The molecule has 3 nitrogen and oxygen atoms in total. The first-order valence-corrected chi connectivity index (χ1v) is 6.89. The molecule has 5 heteroatoms. The summed E-state index contributed by atoms with van der Waals surface area (Å²) in [6.07, 6.45) is 3.47. The van der Waals surface area contributed by atoms with E-state index in [0.717, 1.165) is 11.3 Å².